The van der Waals surface area contributed by atoms with Gasteiger partial charge in [0, 0.05) is 11.2 Å². The van der Waals surface area contributed by atoms with Crippen molar-refractivity contribution in [1.82, 2.24) is 9.78 Å². The molecule has 0 radical (unpaired) electrons. The zero-order chi connectivity index (χ0) is 17.7. The maximum atomic E-state index is 12.1. The fourth-order valence-electron chi connectivity index (χ4n) is 2.21. The molecule has 0 spiro atoms. The summed E-state index contributed by atoms with van der Waals surface area (Å²) in [6, 6.07) is 16.7. The van der Waals surface area contributed by atoms with Crippen LogP contribution in [-0.2, 0) is 16.6 Å². The van der Waals surface area contributed by atoms with E-state index in [1.165, 1.54) is 12.3 Å². The summed E-state index contributed by atoms with van der Waals surface area (Å²) in [4.78, 5) is 0. The molecule has 128 valence electrons. The van der Waals surface area contributed by atoms with Crippen LogP contribution in [0, 0.1) is 0 Å². The molecule has 3 rings (SSSR count). The molecule has 0 fully saturated rings. The lowest BCUT2D eigenvalue weighted by molar-refractivity contribution is 0.609. The highest BCUT2D eigenvalue weighted by Crippen LogP contribution is 2.13. The Balaban J connectivity index is 1.66. The zero-order valence-electron chi connectivity index (χ0n) is 13.2. The summed E-state index contributed by atoms with van der Waals surface area (Å²) in [5, 5.41) is 5.89. The Morgan fingerprint density at radius 3 is 2.52 bits per heavy atom. The molecule has 0 amide bonds. The van der Waals surface area contributed by atoms with Crippen LogP contribution < -0.4 is 4.72 Å². The maximum absolute atomic E-state index is 12.1. The molecule has 1 heterocycles. The van der Waals surface area contributed by atoms with Crippen LogP contribution in [0.4, 0.5) is 5.69 Å². The molecule has 0 saturated carbocycles. The number of hydrogen-bond acceptors (Lipinski definition) is 3. The van der Waals surface area contributed by atoms with Crippen molar-refractivity contribution in [3.05, 3.63) is 88.5 Å². The minimum atomic E-state index is -3.62. The molecule has 1 N–H and O–H groups in total. The van der Waals surface area contributed by atoms with Crippen molar-refractivity contribution in [3.8, 4) is 0 Å². The summed E-state index contributed by atoms with van der Waals surface area (Å²) in [6.45, 7) is 0.573. The third-order valence-corrected chi connectivity index (χ3v) is 4.66. The van der Waals surface area contributed by atoms with Crippen molar-refractivity contribution in [2.45, 2.75) is 6.54 Å². The molecule has 0 aliphatic heterocycles. The first-order valence-corrected chi connectivity index (χ1v) is 9.45. The number of anilines is 1. The lowest BCUT2D eigenvalue weighted by atomic mass is 10.2. The minimum Gasteiger partial charge on any atom is -0.277 e. The molecular formula is C18H16ClN3O2S. The first-order chi connectivity index (χ1) is 12.0. The summed E-state index contributed by atoms with van der Waals surface area (Å²) >= 11 is 5.81. The van der Waals surface area contributed by atoms with E-state index in [0.717, 1.165) is 16.5 Å². The first kappa shape index (κ1) is 17.3. The van der Waals surface area contributed by atoms with Gasteiger partial charge in [0.05, 0.1) is 23.8 Å². The molecule has 0 saturated heterocycles. The largest absolute Gasteiger partial charge is 0.277 e. The van der Waals surface area contributed by atoms with Crippen LogP contribution in [0.5, 0.6) is 0 Å². The van der Waals surface area contributed by atoms with E-state index in [-0.39, 0.29) is 0 Å². The van der Waals surface area contributed by atoms with Gasteiger partial charge in [0.2, 0.25) is 0 Å². The van der Waals surface area contributed by atoms with E-state index in [1.54, 1.807) is 35.1 Å². The fraction of sp³-hybridized carbons (Fsp3) is 0.0556. The number of aromatic nitrogens is 2. The van der Waals surface area contributed by atoms with Crippen LogP contribution in [0.3, 0.4) is 0 Å². The second-order valence-corrected chi connectivity index (χ2v) is 7.42. The SMILES string of the molecule is O=S(=O)(C=Cc1ccc(Cl)cc1)Nc1cnn(Cc2ccccc2)c1. The summed E-state index contributed by atoms with van der Waals surface area (Å²) in [7, 11) is -3.62. The third-order valence-electron chi connectivity index (χ3n) is 3.39. The number of benzene rings is 2. The van der Waals surface area contributed by atoms with Crippen molar-refractivity contribution in [2.75, 3.05) is 4.72 Å². The molecule has 0 unspecified atom stereocenters. The van der Waals surface area contributed by atoms with Crippen LogP contribution in [0.15, 0.2) is 72.4 Å². The molecule has 25 heavy (non-hydrogen) atoms. The Hall–Kier alpha value is -2.57. The lowest BCUT2D eigenvalue weighted by Gasteiger charge is -2.02. The average molecular weight is 374 g/mol. The molecule has 0 bridgehead atoms. The van der Waals surface area contributed by atoms with Gasteiger partial charge in [-0.25, -0.2) is 8.42 Å². The van der Waals surface area contributed by atoms with E-state index in [2.05, 4.69) is 9.82 Å². The van der Waals surface area contributed by atoms with Crippen molar-refractivity contribution in [2.24, 2.45) is 0 Å². The lowest BCUT2D eigenvalue weighted by Crippen LogP contribution is -2.08. The van der Waals surface area contributed by atoms with E-state index >= 15 is 0 Å². The number of hydrogen-bond donors (Lipinski definition) is 1. The molecule has 0 atom stereocenters. The Kier molecular flexibility index (Phi) is 5.21. The van der Waals surface area contributed by atoms with Gasteiger partial charge in [0.25, 0.3) is 10.0 Å². The topological polar surface area (TPSA) is 64.0 Å². The molecule has 5 nitrogen and oxygen atoms in total. The Bertz CT molecular complexity index is 965. The van der Waals surface area contributed by atoms with E-state index in [4.69, 9.17) is 11.6 Å². The number of sulfonamides is 1. The van der Waals surface area contributed by atoms with Crippen LogP contribution in [0.2, 0.25) is 5.02 Å². The fourth-order valence-corrected chi connectivity index (χ4v) is 3.18. The van der Waals surface area contributed by atoms with Crippen LogP contribution in [-0.4, -0.2) is 18.2 Å². The molecule has 7 heteroatoms. The highest BCUT2D eigenvalue weighted by Gasteiger charge is 2.08. The second kappa shape index (κ2) is 7.55. The summed E-state index contributed by atoms with van der Waals surface area (Å²) < 4.78 is 28.5. The zero-order valence-corrected chi connectivity index (χ0v) is 14.8. The number of halogens is 1. The molecular weight excluding hydrogens is 358 g/mol. The van der Waals surface area contributed by atoms with Crippen LogP contribution in [0.1, 0.15) is 11.1 Å². The monoisotopic (exact) mass is 373 g/mol. The van der Waals surface area contributed by atoms with Gasteiger partial charge >= 0.3 is 0 Å². The molecule has 0 aliphatic rings. The number of nitrogens with zero attached hydrogens (tertiary/aromatic N) is 2. The van der Waals surface area contributed by atoms with Gasteiger partial charge in [-0.15, -0.1) is 0 Å². The summed E-state index contributed by atoms with van der Waals surface area (Å²) in [5.74, 6) is 0. The Labute approximate surface area is 151 Å². The molecule has 2 aromatic carbocycles. The Morgan fingerprint density at radius 2 is 1.80 bits per heavy atom. The number of rotatable bonds is 6. The van der Waals surface area contributed by atoms with Crippen molar-refractivity contribution in [3.63, 3.8) is 0 Å². The van der Waals surface area contributed by atoms with E-state index in [1.807, 2.05) is 30.3 Å². The predicted molar refractivity (Wildman–Crippen MR) is 101 cm³/mol. The summed E-state index contributed by atoms with van der Waals surface area (Å²) in [5.41, 5.74) is 2.24. The van der Waals surface area contributed by atoms with Gasteiger partial charge in [-0.3, -0.25) is 9.40 Å². The van der Waals surface area contributed by atoms with Crippen molar-refractivity contribution >= 4 is 33.4 Å². The van der Waals surface area contributed by atoms with E-state index < -0.39 is 10.0 Å². The molecule has 1 aromatic heterocycles. The molecule has 0 aliphatic carbocycles. The van der Waals surface area contributed by atoms with Crippen molar-refractivity contribution in [1.29, 1.82) is 0 Å². The third kappa shape index (κ3) is 5.20. The van der Waals surface area contributed by atoms with E-state index in [0.29, 0.717) is 17.3 Å². The predicted octanol–water partition coefficient (Wildman–Crippen LogP) is 4.00. The second-order valence-electron chi connectivity index (χ2n) is 5.41. The molecule has 3 aromatic rings. The van der Waals surface area contributed by atoms with Crippen LogP contribution >= 0.6 is 11.6 Å². The van der Waals surface area contributed by atoms with Gasteiger partial charge < -0.3 is 0 Å². The van der Waals surface area contributed by atoms with E-state index in [9.17, 15) is 8.42 Å². The normalized spacial score (nSPS) is 11.7. The highest BCUT2D eigenvalue weighted by molar-refractivity contribution is 7.95. The highest BCUT2D eigenvalue weighted by atomic mass is 35.5. The van der Waals surface area contributed by atoms with Crippen molar-refractivity contribution < 1.29 is 8.42 Å². The van der Waals surface area contributed by atoms with Gasteiger partial charge in [0.15, 0.2) is 0 Å². The first-order valence-electron chi connectivity index (χ1n) is 7.53. The average Bonchev–Trinajstić information content (AvgIpc) is 3.01. The van der Waals surface area contributed by atoms with Gasteiger partial charge in [-0.1, -0.05) is 54.1 Å². The van der Waals surface area contributed by atoms with Gasteiger partial charge in [-0.05, 0) is 29.3 Å². The summed E-state index contributed by atoms with van der Waals surface area (Å²) in [6.07, 6.45) is 4.64. The van der Waals surface area contributed by atoms with Gasteiger partial charge in [-0.2, -0.15) is 5.10 Å². The Morgan fingerprint density at radius 1 is 1.08 bits per heavy atom. The quantitative estimate of drug-likeness (QED) is 0.710. The van der Waals surface area contributed by atoms with Gasteiger partial charge in [0.1, 0.15) is 0 Å². The maximum Gasteiger partial charge on any atom is 0.255 e. The minimum absolute atomic E-state index is 0.414. The number of nitrogens with one attached hydrogen (secondary N) is 1. The smallest absolute Gasteiger partial charge is 0.255 e. The standard InChI is InChI=1S/C18H16ClN3O2S/c19-17-8-6-15(7-9-17)10-11-25(23,24)21-18-12-20-22(14-18)13-16-4-2-1-3-5-16/h1-12,14,21H,13H2. The van der Waals surface area contributed by atoms with Crippen LogP contribution in [0.25, 0.3) is 6.08 Å².